The van der Waals surface area contributed by atoms with Crippen molar-refractivity contribution < 1.29 is 9.32 Å². The normalized spacial score (nSPS) is 15.6. The molecule has 7 heteroatoms. The fourth-order valence-corrected chi connectivity index (χ4v) is 4.10. The summed E-state index contributed by atoms with van der Waals surface area (Å²) in [6.45, 7) is 8.79. The molecule has 0 atom stereocenters. The van der Waals surface area contributed by atoms with Gasteiger partial charge in [0.05, 0.1) is 6.54 Å². The SMILES string of the molecule is CC(C)(C)c1ccc(-c2noc(CN3CCC(C(=O)Nc4cccc(Cl)c4)CC3)n2)cc1. The topological polar surface area (TPSA) is 71.3 Å². The maximum absolute atomic E-state index is 12.6. The van der Waals surface area contributed by atoms with Crippen LogP contribution in [-0.4, -0.2) is 34.0 Å². The van der Waals surface area contributed by atoms with Crippen molar-refractivity contribution in [2.45, 2.75) is 45.6 Å². The first-order chi connectivity index (χ1) is 15.3. The fraction of sp³-hybridized carbons (Fsp3) is 0.400. The molecule has 0 bridgehead atoms. The third-order valence-corrected chi connectivity index (χ3v) is 6.12. The van der Waals surface area contributed by atoms with Crippen LogP contribution in [0.5, 0.6) is 0 Å². The summed E-state index contributed by atoms with van der Waals surface area (Å²) in [5.41, 5.74) is 3.06. The molecule has 6 nitrogen and oxygen atoms in total. The maximum Gasteiger partial charge on any atom is 0.241 e. The van der Waals surface area contributed by atoms with Crippen molar-refractivity contribution >= 4 is 23.2 Å². The van der Waals surface area contributed by atoms with Gasteiger partial charge >= 0.3 is 0 Å². The number of likely N-dealkylation sites (tertiary alicyclic amines) is 1. The summed E-state index contributed by atoms with van der Waals surface area (Å²) in [5.74, 6) is 1.24. The highest BCUT2D eigenvalue weighted by Gasteiger charge is 2.26. The molecular formula is C25H29ClN4O2. The quantitative estimate of drug-likeness (QED) is 0.550. The number of hydrogen-bond donors (Lipinski definition) is 1. The van der Waals surface area contributed by atoms with Gasteiger partial charge in [-0.3, -0.25) is 9.69 Å². The van der Waals surface area contributed by atoms with E-state index >= 15 is 0 Å². The van der Waals surface area contributed by atoms with Gasteiger partial charge in [-0.25, -0.2) is 0 Å². The molecule has 1 saturated heterocycles. The lowest BCUT2D eigenvalue weighted by atomic mass is 9.87. The van der Waals surface area contributed by atoms with Gasteiger partial charge < -0.3 is 9.84 Å². The molecule has 1 amide bonds. The Morgan fingerprint density at radius 2 is 1.88 bits per heavy atom. The number of nitrogens with one attached hydrogen (secondary N) is 1. The minimum atomic E-state index is -0.00944. The number of amides is 1. The first kappa shape index (κ1) is 22.5. The second-order valence-electron chi connectivity index (χ2n) is 9.39. The average molecular weight is 453 g/mol. The summed E-state index contributed by atoms with van der Waals surface area (Å²) in [5, 5.41) is 7.73. The number of nitrogens with zero attached hydrogens (tertiary/aromatic N) is 3. The lowest BCUT2D eigenvalue weighted by molar-refractivity contribution is -0.121. The molecule has 1 aromatic heterocycles. The van der Waals surface area contributed by atoms with Crippen LogP contribution in [0.25, 0.3) is 11.4 Å². The van der Waals surface area contributed by atoms with Crippen LogP contribution < -0.4 is 5.32 Å². The predicted octanol–water partition coefficient (Wildman–Crippen LogP) is 5.54. The van der Waals surface area contributed by atoms with Crippen molar-refractivity contribution in [3.63, 3.8) is 0 Å². The molecule has 0 saturated carbocycles. The molecule has 1 fully saturated rings. The highest BCUT2D eigenvalue weighted by molar-refractivity contribution is 6.30. The van der Waals surface area contributed by atoms with Crippen molar-refractivity contribution in [2.75, 3.05) is 18.4 Å². The van der Waals surface area contributed by atoms with E-state index in [9.17, 15) is 4.79 Å². The summed E-state index contributed by atoms with van der Waals surface area (Å²) < 4.78 is 5.49. The number of halogens is 1. The summed E-state index contributed by atoms with van der Waals surface area (Å²) in [6, 6.07) is 15.5. The number of benzene rings is 2. The fourth-order valence-electron chi connectivity index (χ4n) is 3.91. The number of hydrogen-bond acceptors (Lipinski definition) is 5. The van der Waals surface area contributed by atoms with Crippen molar-refractivity contribution in [1.82, 2.24) is 15.0 Å². The van der Waals surface area contributed by atoms with Gasteiger partial charge in [0, 0.05) is 22.2 Å². The van der Waals surface area contributed by atoms with E-state index in [1.807, 2.05) is 24.3 Å². The summed E-state index contributed by atoms with van der Waals surface area (Å²) in [7, 11) is 0. The Bertz CT molecular complexity index is 1060. The molecule has 1 aliphatic rings. The first-order valence-corrected chi connectivity index (χ1v) is 11.4. The summed E-state index contributed by atoms with van der Waals surface area (Å²) >= 11 is 6.00. The van der Waals surface area contributed by atoms with Gasteiger partial charge in [0.25, 0.3) is 0 Å². The van der Waals surface area contributed by atoms with E-state index in [0.717, 1.165) is 37.2 Å². The average Bonchev–Trinajstić information content (AvgIpc) is 3.22. The molecule has 0 spiro atoms. The molecule has 0 unspecified atom stereocenters. The van der Waals surface area contributed by atoms with E-state index < -0.39 is 0 Å². The van der Waals surface area contributed by atoms with Crippen LogP contribution in [0, 0.1) is 5.92 Å². The Morgan fingerprint density at radius 3 is 2.53 bits per heavy atom. The molecule has 2 aromatic carbocycles. The van der Waals surface area contributed by atoms with Gasteiger partial charge in [-0.1, -0.05) is 67.9 Å². The van der Waals surface area contributed by atoms with Crippen molar-refractivity contribution in [2.24, 2.45) is 5.92 Å². The third-order valence-electron chi connectivity index (χ3n) is 5.89. The van der Waals surface area contributed by atoms with E-state index in [4.69, 9.17) is 16.1 Å². The largest absolute Gasteiger partial charge is 0.338 e. The number of carbonyl (C=O) groups is 1. The van der Waals surface area contributed by atoms with E-state index in [1.165, 1.54) is 5.56 Å². The maximum atomic E-state index is 12.6. The van der Waals surface area contributed by atoms with E-state index in [-0.39, 0.29) is 17.2 Å². The first-order valence-electron chi connectivity index (χ1n) is 11.0. The summed E-state index contributed by atoms with van der Waals surface area (Å²) in [4.78, 5) is 19.4. The van der Waals surface area contributed by atoms with E-state index in [1.54, 1.807) is 12.1 Å². The third kappa shape index (κ3) is 5.56. The van der Waals surface area contributed by atoms with Gasteiger partial charge in [0.1, 0.15) is 0 Å². The van der Waals surface area contributed by atoms with Gasteiger partial charge in [-0.05, 0) is 55.1 Å². The zero-order chi connectivity index (χ0) is 22.7. The molecule has 4 rings (SSSR count). The number of anilines is 1. The lowest BCUT2D eigenvalue weighted by Gasteiger charge is -2.30. The van der Waals surface area contributed by atoms with Gasteiger partial charge in [0.15, 0.2) is 0 Å². The van der Waals surface area contributed by atoms with Crippen LogP contribution >= 0.6 is 11.6 Å². The van der Waals surface area contributed by atoms with Gasteiger partial charge in [0.2, 0.25) is 17.6 Å². The molecule has 32 heavy (non-hydrogen) atoms. The number of rotatable bonds is 5. The van der Waals surface area contributed by atoms with Crippen LogP contribution in [0.2, 0.25) is 5.02 Å². The van der Waals surface area contributed by atoms with Crippen molar-refractivity contribution in [3.8, 4) is 11.4 Å². The Morgan fingerprint density at radius 1 is 1.16 bits per heavy atom. The van der Waals surface area contributed by atoms with Gasteiger partial charge in [-0.2, -0.15) is 4.98 Å². The van der Waals surface area contributed by atoms with E-state index in [0.29, 0.717) is 23.3 Å². The smallest absolute Gasteiger partial charge is 0.241 e. The molecule has 1 N–H and O–H groups in total. The highest BCUT2D eigenvalue weighted by atomic mass is 35.5. The zero-order valence-corrected chi connectivity index (χ0v) is 19.5. The minimum Gasteiger partial charge on any atom is -0.338 e. The predicted molar refractivity (Wildman–Crippen MR) is 127 cm³/mol. The van der Waals surface area contributed by atoms with Crippen LogP contribution in [-0.2, 0) is 16.8 Å². The second kappa shape index (κ2) is 9.43. The molecule has 2 heterocycles. The van der Waals surface area contributed by atoms with Crippen LogP contribution in [0.15, 0.2) is 53.1 Å². The molecule has 168 valence electrons. The molecule has 1 aliphatic heterocycles. The number of aromatic nitrogens is 2. The Labute approximate surface area is 194 Å². The van der Waals surface area contributed by atoms with Crippen molar-refractivity contribution in [3.05, 3.63) is 65.0 Å². The van der Waals surface area contributed by atoms with Crippen LogP contribution in [0.3, 0.4) is 0 Å². The Balaban J connectivity index is 1.29. The summed E-state index contributed by atoms with van der Waals surface area (Å²) in [6.07, 6.45) is 1.59. The second-order valence-corrected chi connectivity index (χ2v) is 9.83. The Kier molecular flexibility index (Phi) is 6.63. The zero-order valence-electron chi connectivity index (χ0n) is 18.8. The highest BCUT2D eigenvalue weighted by Crippen LogP contribution is 2.26. The minimum absolute atomic E-state index is 0.00944. The standard InChI is InChI=1S/C25H29ClN4O2/c1-25(2,3)19-9-7-17(8-10-19)23-28-22(32-29-23)16-30-13-11-18(12-14-30)24(31)27-21-6-4-5-20(26)15-21/h4-10,15,18H,11-14,16H2,1-3H3,(H,27,31). The number of carbonyl (C=O) groups excluding carboxylic acids is 1. The molecule has 0 radical (unpaired) electrons. The van der Waals surface area contributed by atoms with E-state index in [2.05, 4.69) is 53.3 Å². The molecule has 0 aliphatic carbocycles. The monoisotopic (exact) mass is 452 g/mol. The lowest BCUT2D eigenvalue weighted by Crippen LogP contribution is -2.37. The van der Waals surface area contributed by atoms with Crippen LogP contribution in [0.4, 0.5) is 5.69 Å². The Hall–Kier alpha value is -2.70. The van der Waals surface area contributed by atoms with Crippen molar-refractivity contribution in [1.29, 1.82) is 0 Å². The molecular weight excluding hydrogens is 424 g/mol. The number of piperidine rings is 1. The molecule has 3 aromatic rings. The van der Waals surface area contributed by atoms with Gasteiger partial charge in [-0.15, -0.1) is 0 Å². The van der Waals surface area contributed by atoms with Crippen LogP contribution in [0.1, 0.15) is 45.1 Å².